The first-order valence-corrected chi connectivity index (χ1v) is 6.83. The third kappa shape index (κ3) is 6.54. The molecule has 0 spiro atoms. The van der Waals surface area contributed by atoms with Crippen LogP contribution in [-0.2, 0) is 7.80 Å². The van der Waals surface area contributed by atoms with Gasteiger partial charge in [0.25, 0.3) is 0 Å². The standard InChI is InChI=1S/C11H14FINO3/c12-13-17-9-8-16-7-6-14-11(15)10-4-2-1-3-5-10/h1-5H,6-9H2,(H,14,15)/q-1. The molecule has 6 heteroatoms. The van der Waals surface area contributed by atoms with Gasteiger partial charge in [-0.15, -0.1) is 0 Å². The summed E-state index contributed by atoms with van der Waals surface area (Å²) in [6.45, 7) is 1.45. The molecule has 0 saturated carbocycles. The summed E-state index contributed by atoms with van der Waals surface area (Å²) < 4.78 is 21.3. The van der Waals surface area contributed by atoms with Crippen molar-refractivity contribution in [3.05, 3.63) is 35.9 Å². The van der Waals surface area contributed by atoms with E-state index in [1.165, 1.54) is 0 Å². The molecule has 4 nitrogen and oxygen atoms in total. The van der Waals surface area contributed by atoms with E-state index < -0.39 is 22.2 Å². The molecule has 0 atom stereocenters. The molecule has 0 saturated heterocycles. The number of hydrogen-bond acceptors (Lipinski definition) is 3. The van der Waals surface area contributed by atoms with E-state index in [0.717, 1.165) is 0 Å². The number of rotatable bonds is 8. The topological polar surface area (TPSA) is 47.6 Å². The Bertz CT molecular complexity index is 324. The summed E-state index contributed by atoms with van der Waals surface area (Å²) in [5.41, 5.74) is 0.623. The molecule has 0 aliphatic rings. The van der Waals surface area contributed by atoms with Crippen molar-refractivity contribution in [3.63, 3.8) is 0 Å². The number of nitrogens with one attached hydrogen (secondary N) is 1. The predicted octanol–water partition coefficient (Wildman–Crippen LogP) is -1.66. The molecule has 1 aromatic carbocycles. The maximum atomic E-state index is 11.6. The zero-order chi connectivity index (χ0) is 12.3. The summed E-state index contributed by atoms with van der Waals surface area (Å²) >= 11 is -1.61. The van der Waals surface area contributed by atoms with Crippen molar-refractivity contribution in [1.29, 1.82) is 0 Å². The van der Waals surface area contributed by atoms with Gasteiger partial charge in [-0.05, 0) is 0 Å². The summed E-state index contributed by atoms with van der Waals surface area (Å²) in [4.78, 5) is 11.5. The van der Waals surface area contributed by atoms with Gasteiger partial charge in [0, 0.05) is 0 Å². The summed E-state index contributed by atoms with van der Waals surface area (Å²) in [6, 6.07) is 8.96. The van der Waals surface area contributed by atoms with Crippen LogP contribution in [0.5, 0.6) is 0 Å². The van der Waals surface area contributed by atoms with Gasteiger partial charge >= 0.3 is 111 Å². The zero-order valence-electron chi connectivity index (χ0n) is 9.20. The Morgan fingerprint density at radius 2 is 2.00 bits per heavy atom. The van der Waals surface area contributed by atoms with Crippen LogP contribution in [0.1, 0.15) is 10.4 Å². The molecule has 17 heavy (non-hydrogen) atoms. The van der Waals surface area contributed by atoms with Crippen LogP contribution in [0.4, 0.5) is 2.86 Å². The van der Waals surface area contributed by atoms with Crippen molar-refractivity contribution in [2.45, 2.75) is 0 Å². The van der Waals surface area contributed by atoms with Crippen LogP contribution in [0.3, 0.4) is 0 Å². The van der Waals surface area contributed by atoms with Gasteiger partial charge in [0.1, 0.15) is 0 Å². The van der Waals surface area contributed by atoms with Gasteiger partial charge in [-0.2, -0.15) is 0 Å². The minimum absolute atomic E-state index is 0.125. The predicted molar refractivity (Wildman–Crippen MR) is 56.7 cm³/mol. The van der Waals surface area contributed by atoms with Crippen LogP contribution in [0.15, 0.2) is 30.3 Å². The number of benzene rings is 1. The van der Waals surface area contributed by atoms with E-state index in [-0.39, 0.29) is 12.5 Å². The maximum absolute atomic E-state index is 11.6. The van der Waals surface area contributed by atoms with Gasteiger partial charge in [0.2, 0.25) is 0 Å². The van der Waals surface area contributed by atoms with Crippen molar-refractivity contribution in [1.82, 2.24) is 5.32 Å². The molecule has 0 unspecified atom stereocenters. The van der Waals surface area contributed by atoms with Crippen molar-refractivity contribution < 1.29 is 37.7 Å². The molecule has 0 aromatic heterocycles. The first kappa shape index (κ1) is 14.3. The van der Waals surface area contributed by atoms with Crippen LogP contribution in [0, 0.1) is 0 Å². The van der Waals surface area contributed by atoms with Gasteiger partial charge in [-0.3, -0.25) is 0 Å². The Balaban J connectivity index is 2.05. The number of ether oxygens (including phenoxy) is 1. The Morgan fingerprint density at radius 3 is 2.71 bits per heavy atom. The number of carbonyl (C=O) groups is 1. The molecular weight excluding hydrogens is 340 g/mol. The molecule has 1 N–H and O–H groups in total. The van der Waals surface area contributed by atoms with Crippen molar-refractivity contribution >= 4 is 5.91 Å². The van der Waals surface area contributed by atoms with E-state index in [1.54, 1.807) is 12.1 Å². The molecule has 1 rings (SSSR count). The van der Waals surface area contributed by atoms with Gasteiger partial charge in [0.15, 0.2) is 0 Å². The Kier molecular flexibility index (Phi) is 7.85. The van der Waals surface area contributed by atoms with Crippen LogP contribution in [-0.4, -0.2) is 32.3 Å². The second-order valence-corrected chi connectivity index (χ2v) is 4.06. The van der Waals surface area contributed by atoms with E-state index in [1.807, 2.05) is 18.2 Å². The first-order valence-electron chi connectivity index (χ1n) is 5.13. The Morgan fingerprint density at radius 1 is 1.24 bits per heavy atom. The normalized spacial score (nSPS) is 10.4. The SMILES string of the molecule is O=C(NCCOCCO[I-]F)c1ccccc1. The third-order valence-corrected chi connectivity index (χ3v) is 2.59. The number of carbonyl (C=O) groups excluding carboxylic acids is 1. The number of hydrogen-bond donors (Lipinski definition) is 1. The molecule has 0 aliphatic carbocycles. The molecule has 0 bridgehead atoms. The Hall–Kier alpha value is -0.730. The fraction of sp³-hybridized carbons (Fsp3) is 0.364. The van der Waals surface area contributed by atoms with Gasteiger partial charge in [-0.1, -0.05) is 0 Å². The zero-order valence-corrected chi connectivity index (χ0v) is 11.4. The average Bonchev–Trinajstić information content (AvgIpc) is 2.38. The van der Waals surface area contributed by atoms with E-state index >= 15 is 0 Å². The van der Waals surface area contributed by atoms with Crippen LogP contribution < -0.4 is 27.5 Å². The van der Waals surface area contributed by atoms with E-state index in [0.29, 0.717) is 25.3 Å². The summed E-state index contributed by atoms with van der Waals surface area (Å²) in [5, 5.41) is 2.72. The third-order valence-electron chi connectivity index (χ3n) is 1.91. The second-order valence-electron chi connectivity index (χ2n) is 3.11. The summed E-state index contributed by atoms with van der Waals surface area (Å²) in [6.07, 6.45) is 0. The molecule has 0 aliphatic heterocycles. The molecule has 0 heterocycles. The fourth-order valence-corrected chi connectivity index (χ4v) is 1.50. The van der Waals surface area contributed by atoms with Crippen molar-refractivity contribution in [2.24, 2.45) is 0 Å². The number of halogens is 2. The van der Waals surface area contributed by atoms with Crippen molar-refractivity contribution in [3.8, 4) is 0 Å². The van der Waals surface area contributed by atoms with Crippen LogP contribution in [0.2, 0.25) is 0 Å². The first-order chi connectivity index (χ1) is 8.34. The summed E-state index contributed by atoms with van der Waals surface area (Å²) in [7, 11) is 0. The van der Waals surface area contributed by atoms with Crippen LogP contribution >= 0.6 is 0 Å². The van der Waals surface area contributed by atoms with Crippen molar-refractivity contribution in [2.75, 3.05) is 26.4 Å². The molecule has 1 amide bonds. The molecule has 1 aromatic rings. The monoisotopic (exact) mass is 354 g/mol. The fourth-order valence-electron chi connectivity index (χ4n) is 1.15. The quantitative estimate of drug-likeness (QED) is 0.449. The Labute approximate surface area is 111 Å². The molecule has 0 fully saturated rings. The molecule has 0 radical (unpaired) electrons. The summed E-state index contributed by atoms with van der Waals surface area (Å²) in [5.74, 6) is -0.125. The molecule has 96 valence electrons. The van der Waals surface area contributed by atoms with E-state index in [9.17, 15) is 7.65 Å². The van der Waals surface area contributed by atoms with Gasteiger partial charge in [-0.25, -0.2) is 0 Å². The van der Waals surface area contributed by atoms with Crippen LogP contribution in [0.25, 0.3) is 0 Å². The van der Waals surface area contributed by atoms with E-state index in [4.69, 9.17) is 4.74 Å². The number of amides is 1. The second kappa shape index (κ2) is 9.32. The van der Waals surface area contributed by atoms with E-state index in [2.05, 4.69) is 8.38 Å². The van der Waals surface area contributed by atoms with Gasteiger partial charge in [0.05, 0.1) is 0 Å². The molecular formula is C11H14FINO3-. The minimum atomic E-state index is -1.61. The average molecular weight is 354 g/mol. The van der Waals surface area contributed by atoms with Gasteiger partial charge < -0.3 is 0 Å².